The van der Waals surface area contributed by atoms with Gasteiger partial charge in [0.1, 0.15) is 11.0 Å². The Labute approximate surface area is 130 Å². The molecule has 2 N–H and O–H groups in total. The lowest BCUT2D eigenvalue weighted by Gasteiger charge is -2.29. The summed E-state index contributed by atoms with van der Waals surface area (Å²) in [6.07, 6.45) is 0.431. The summed E-state index contributed by atoms with van der Waals surface area (Å²) in [5.41, 5.74) is 0.607. The van der Waals surface area contributed by atoms with Gasteiger partial charge in [-0.2, -0.15) is 4.98 Å². The number of nitrogens with zero attached hydrogens (tertiary/aromatic N) is 3. The Morgan fingerprint density at radius 1 is 1.29 bits per heavy atom. The Morgan fingerprint density at radius 2 is 1.95 bits per heavy atom. The van der Waals surface area contributed by atoms with Gasteiger partial charge in [0.05, 0.1) is 13.2 Å². The molecule has 1 aliphatic heterocycles. The lowest BCUT2D eigenvalue weighted by atomic mass is 10.1. The number of morpholine rings is 1. The molecule has 1 fully saturated rings. The lowest BCUT2D eigenvalue weighted by Crippen LogP contribution is -2.38. The van der Waals surface area contributed by atoms with E-state index in [2.05, 4.69) is 41.0 Å². The lowest BCUT2D eigenvalue weighted by molar-refractivity contribution is 0.122. The molecule has 0 unspecified atom stereocenters. The SMILES string of the molecule is CC(C)(C)Nc1nc(N2CCOCC2)nc(Cl)c1CCO. The predicted molar refractivity (Wildman–Crippen MR) is 84.2 cm³/mol. The Hall–Kier alpha value is -1.11. The minimum atomic E-state index is -0.149. The maximum Gasteiger partial charge on any atom is 0.228 e. The number of ether oxygens (including phenoxy) is 1. The average molecular weight is 315 g/mol. The number of aromatic nitrogens is 2. The van der Waals surface area contributed by atoms with Gasteiger partial charge in [0.25, 0.3) is 0 Å². The zero-order valence-corrected chi connectivity index (χ0v) is 13.6. The van der Waals surface area contributed by atoms with E-state index in [0.717, 1.165) is 18.7 Å². The molecule has 0 aliphatic carbocycles. The highest BCUT2D eigenvalue weighted by atomic mass is 35.5. The molecule has 0 amide bonds. The molecule has 0 radical (unpaired) electrons. The van der Waals surface area contributed by atoms with Gasteiger partial charge in [0, 0.05) is 37.2 Å². The molecule has 1 aromatic heterocycles. The van der Waals surface area contributed by atoms with Crippen molar-refractivity contribution in [3.05, 3.63) is 10.7 Å². The number of aliphatic hydroxyl groups excluding tert-OH is 1. The second-order valence-electron chi connectivity index (χ2n) is 6.09. The van der Waals surface area contributed by atoms with Gasteiger partial charge < -0.3 is 20.1 Å². The fourth-order valence-corrected chi connectivity index (χ4v) is 2.40. The molecular weight excluding hydrogens is 292 g/mol. The topological polar surface area (TPSA) is 70.5 Å². The van der Waals surface area contributed by atoms with Crippen molar-refractivity contribution in [1.29, 1.82) is 0 Å². The van der Waals surface area contributed by atoms with E-state index >= 15 is 0 Å². The third-order valence-electron chi connectivity index (χ3n) is 3.09. The summed E-state index contributed by atoms with van der Waals surface area (Å²) in [4.78, 5) is 11.1. The molecular formula is C14H23ClN4O2. The molecule has 7 heteroatoms. The molecule has 0 saturated carbocycles. The molecule has 21 heavy (non-hydrogen) atoms. The number of halogens is 1. The molecule has 1 aromatic rings. The normalized spacial score (nSPS) is 16.1. The van der Waals surface area contributed by atoms with E-state index in [9.17, 15) is 5.11 Å². The first kappa shape index (κ1) is 16.3. The Kier molecular flexibility index (Phi) is 5.24. The van der Waals surface area contributed by atoms with E-state index in [0.29, 0.717) is 36.6 Å². The monoisotopic (exact) mass is 314 g/mol. The highest BCUT2D eigenvalue weighted by Crippen LogP contribution is 2.27. The molecule has 1 aliphatic rings. The summed E-state index contributed by atoms with van der Waals surface area (Å²) < 4.78 is 5.35. The van der Waals surface area contributed by atoms with Gasteiger partial charge in [-0.3, -0.25) is 0 Å². The number of aliphatic hydroxyl groups is 1. The van der Waals surface area contributed by atoms with Gasteiger partial charge in [-0.05, 0) is 20.8 Å². The van der Waals surface area contributed by atoms with E-state index in [4.69, 9.17) is 16.3 Å². The smallest absolute Gasteiger partial charge is 0.228 e. The van der Waals surface area contributed by atoms with Crippen molar-refractivity contribution in [3.63, 3.8) is 0 Å². The van der Waals surface area contributed by atoms with Crippen molar-refractivity contribution in [3.8, 4) is 0 Å². The van der Waals surface area contributed by atoms with E-state index in [1.165, 1.54) is 0 Å². The minimum absolute atomic E-state index is 0.0127. The summed E-state index contributed by atoms with van der Waals surface area (Å²) in [7, 11) is 0. The molecule has 118 valence electrons. The van der Waals surface area contributed by atoms with Crippen LogP contribution in [0.15, 0.2) is 0 Å². The van der Waals surface area contributed by atoms with Crippen LogP contribution in [0.25, 0.3) is 0 Å². The van der Waals surface area contributed by atoms with Crippen molar-refractivity contribution in [1.82, 2.24) is 9.97 Å². The van der Waals surface area contributed by atoms with E-state index < -0.39 is 0 Å². The predicted octanol–water partition coefficient (Wildman–Crippen LogP) is 1.71. The van der Waals surface area contributed by atoms with Gasteiger partial charge in [-0.1, -0.05) is 11.6 Å². The molecule has 2 rings (SSSR count). The van der Waals surface area contributed by atoms with Gasteiger partial charge in [-0.15, -0.1) is 0 Å². The first-order valence-corrected chi connectivity index (χ1v) is 7.56. The third kappa shape index (κ3) is 4.43. The minimum Gasteiger partial charge on any atom is -0.396 e. The average Bonchev–Trinajstić information content (AvgIpc) is 2.42. The maximum absolute atomic E-state index is 9.22. The Balaban J connectivity index is 2.35. The molecule has 6 nitrogen and oxygen atoms in total. The number of hydrogen-bond donors (Lipinski definition) is 2. The largest absolute Gasteiger partial charge is 0.396 e. The molecule has 2 heterocycles. The van der Waals surface area contributed by atoms with Crippen molar-refractivity contribution >= 4 is 23.4 Å². The first-order chi connectivity index (χ1) is 9.90. The van der Waals surface area contributed by atoms with Crippen LogP contribution >= 0.6 is 11.6 Å². The van der Waals surface area contributed by atoms with Gasteiger partial charge >= 0.3 is 0 Å². The number of rotatable bonds is 4. The summed E-state index contributed by atoms with van der Waals surface area (Å²) in [5, 5.41) is 13.0. The quantitative estimate of drug-likeness (QED) is 0.825. The second-order valence-corrected chi connectivity index (χ2v) is 6.45. The van der Waals surface area contributed by atoms with Crippen LogP contribution in [0.4, 0.5) is 11.8 Å². The van der Waals surface area contributed by atoms with Crippen molar-refractivity contribution in [2.75, 3.05) is 43.1 Å². The van der Waals surface area contributed by atoms with Crippen LogP contribution in [-0.4, -0.2) is 53.5 Å². The zero-order valence-electron chi connectivity index (χ0n) is 12.8. The third-order valence-corrected chi connectivity index (χ3v) is 3.41. The molecule has 0 atom stereocenters. The van der Waals surface area contributed by atoms with E-state index in [1.54, 1.807) is 0 Å². The van der Waals surface area contributed by atoms with Crippen LogP contribution < -0.4 is 10.2 Å². The molecule has 0 spiro atoms. The van der Waals surface area contributed by atoms with E-state index in [1.807, 2.05) is 0 Å². The molecule has 0 bridgehead atoms. The van der Waals surface area contributed by atoms with Crippen LogP contribution in [0, 0.1) is 0 Å². The Morgan fingerprint density at radius 3 is 2.52 bits per heavy atom. The van der Waals surface area contributed by atoms with Gasteiger partial charge in [0.15, 0.2) is 0 Å². The van der Waals surface area contributed by atoms with Crippen molar-refractivity contribution in [2.24, 2.45) is 0 Å². The number of nitrogens with one attached hydrogen (secondary N) is 1. The van der Waals surface area contributed by atoms with Gasteiger partial charge in [-0.25, -0.2) is 4.98 Å². The van der Waals surface area contributed by atoms with Crippen LogP contribution in [0.1, 0.15) is 26.3 Å². The Bertz CT molecular complexity index is 485. The standard InChI is InChI=1S/C14H23ClN4O2/c1-14(2,3)18-12-10(4-7-20)11(15)16-13(17-12)19-5-8-21-9-6-19/h20H,4-9H2,1-3H3,(H,16,17,18). The van der Waals surface area contributed by atoms with Crippen LogP contribution in [0.2, 0.25) is 5.15 Å². The first-order valence-electron chi connectivity index (χ1n) is 7.19. The summed E-state index contributed by atoms with van der Waals surface area (Å²) >= 11 is 6.30. The van der Waals surface area contributed by atoms with Gasteiger partial charge in [0.2, 0.25) is 5.95 Å². The second kappa shape index (κ2) is 6.77. The van der Waals surface area contributed by atoms with Crippen LogP contribution in [0.5, 0.6) is 0 Å². The zero-order chi connectivity index (χ0) is 15.5. The van der Waals surface area contributed by atoms with Crippen molar-refractivity contribution in [2.45, 2.75) is 32.7 Å². The van der Waals surface area contributed by atoms with E-state index in [-0.39, 0.29) is 12.1 Å². The highest BCUT2D eigenvalue weighted by Gasteiger charge is 2.21. The summed E-state index contributed by atoms with van der Waals surface area (Å²) in [5.74, 6) is 1.30. The van der Waals surface area contributed by atoms with Crippen molar-refractivity contribution < 1.29 is 9.84 Å². The van der Waals surface area contributed by atoms with Crippen LogP contribution in [0.3, 0.4) is 0 Å². The summed E-state index contributed by atoms with van der Waals surface area (Å²) in [6.45, 7) is 9.03. The highest BCUT2D eigenvalue weighted by molar-refractivity contribution is 6.30. The fraction of sp³-hybridized carbons (Fsp3) is 0.714. The number of hydrogen-bond acceptors (Lipinski definition) is 6. The fourth-order valence-electron chi connectivity index (χ4n) is 2.14. The maximum atomic E-state index is 9.22. The molecule has 0 aromatic carbocycles. The van der Waals surface area contributed by atoms with Crippen LogP contribution in [-0.2, 0) is 11.2 Å². The number of anilines is 2. The molecule has 1 saturated heterocycles. The summed E-state index contributed by atoms with van der Waals surface area (Å²) in [6, 6.07) is 0.